The minimum Gasteiger partial charge on any atom is -0.347 e. The number of para-hydroxylation sites is 1. The Labute approximate surface area is 186 Å². The summed E-state index contributed by atoms with van der Waals surface area (Å²) in [4.78, 5) is 21.4. The van der Waals surface area contributed by atoms with E-state index in [1.807, 2.05) is 35.2 Å². The van der Waals surface area contributed by atoms with Crippen LogP contribution in [0.2, 0.25) is 0 Å². The molecule has 2 saturated heterocycles. The Morgan fingerprint density at radius 3 is 2.48 bits per heavy atom. The predicted molar refractivity (Wildman–Crippen MR) is 121 cm³/mol. The first-order chi connectivity index (χ1) is 15.2. The Balaban J connectivity index is 1.42. The first kappa shape index (κ1) is 20.5. The third-order valence-electron chi connectivity index (χ3n) is 6.10. The van der Waals surface area contributed by atoms with Crippen molar-refractivity contribution in [2.24, 2.45) is 0 Å². The summed E-state index contributed by atoms with van der Waals surface area (Å²) in [5.74, 6) is -0.433. The van der Waals surface area contributed by atoms with Gasteiger partial charge in [0, 0.05) is 36.2 Å². The normalized spacial score (nSPS) is 18.0. The zero-order valence-corrected chi connectivity index (χ0v) is 18.5. The monoisotopic (exact) mass is 434 g/mol. The van der Waals surface area contributed by atoms with Gasteiger partial charge >= 0.3 is 0 Å². The van der Waals surface area contributed by atoms with E-state index < -0.39 is 5.79 Å². The fourth-order valence-corrected chi connectivity index (χ4v) is 5.14. The molecule has 160 valence electrons. The molecule has 2 fully saturated rings. The van der Waals surface area contributed by atoms with Gasteiger partial charge in [0.25, 0.3) is 5.91 Å². The summed E-state index contributed by atoms with van der Waals surface area (Å²) in [5, 5.41) is 1.73. The third-order valence-corrected chi connectivity index (χ3v) is 7.03. The zero-order valence-electron chi connectivity index (χ0n) is 17.7. The topological polar surface area (TPSA) is 51.7 Å². The van der Waals surface area contributed by atoms with Crippen LogP contribution in [0.4, 0.5) is 0 Å². The molecule has 2 aliphatic rings. The number of ether oxygens (including phenoxy) is 2. The van der Waals surface area contributed by atoms with E-state index in [-0.39, 0.29) is 5.91 Å². The summed E-state index contributed by atoms with van der Waals surface area (Å²) >= 11 is 1.59. The molecule has 2 aliphatic heterocycles. The lowest BCUT2D eigenvalue weighted by Crippen LogP contribution is -2.47. The van der Waals surface area contributed by atoms with Gasteiger partial charge < -0.3 is 14.4 Å². The number of benzene rings is 2. The number of amides is 1. The minimum absolute atomic E-state index is 0.0506. The highest BCUT2D eigenvalue weighted by atomic mass is 32.2. The highest BCUT2D eigenvalue weighted by molar-refractivity contribution is 7.99. The van der Waals surface area contributed by atoms with Crippen molar-refractivity contribution in [1.29, 1.82) is 0 Å². The van der Waals surface area contributed by atoms with Gasteiger partial charge in [0.05, 0.1) is 24.3 Å². The molecule has 1 spiro atoms. The fourth-order valence-electron chi connectivity index (χ4n) is 4.30. The first-order valence-electron chi connectivity index (χ1n) is 10.9. The van der Waals surface area contributed by atoms with E-state index in [2.05, 4.69) is 31.2 Å². The van der Waals surface area contributed by atoms with Crippen LogP contribution < -0.4 is 0 Å². The van der Waals surface area contributed by atoms with Gasteiger partial charge in [-0.3, -0.25) is 4.79 Å². The molecular weight excluding hydrogens is 408 g/mol. The Bertz CT molecular complexity index is 1080. The summed E-state index contributed by atoms with van der Waals surface area (Å²) in [5.41, 5.74) is 2.87. The van der Waals surface area contributed by atoms with Crippen LogP contribution in [0, 0.1) is 0 Å². The number of hydrogen-bond donors (Lipinski definition) is 0. The lowest BCUT2D eigenvalue weighted by Gasteiger charge is -2.37. The van der Waals surface area contributed by atoms with Gasteiger partial charge in [0.15, 0.2) is 5.79 Å². The molecule has 0 unspecified atom stereocenters. The molecule has 3 heterocycles. The highest BCUT2D eigenvalue weighted by Gasteiger charge is 2.41. The van der Waals surface area contributed by atoms with E-state index >= 15 is 0 Å². The fraction of sp³-hybridized carbons (Fsp3) is 0.360. The summed E-state index contributed by atoms with van der Waals surface area (Å²) in [6.07, 6.45) is 2.45. The van der Waals surface area contributed by atoms with Crippen LogP contribution in [0.25, 0.3) is 10.9 Å². The molecule has 31 heavy (non-hydrogen) atoms. The molecule has 5 nitrogen and oxygen atoms in total. The van der Waals surface area contributed by atoms with Crippen molar-refractivity contribution in [3.05, 3.63) is 65.7 Å². The maximum Gasteiger partial charge on any atom is 0.254 e. The molecule has 1 aromatic heterocycles. The van der Waals surface area contributed by atoms with Gasteiger partial charge in [-0.1, -0.05) is 49.0 Å². The van der Waals surface area contributed by atoms with Gasteiger partial charge in [-0.15, -0.1) is 0 Å². The molecule has 0 bridgehead atoms. The molecular formula is C25H26N2O3S. The van der Waals surface area contributed by atoms with Crippen LogP contribution in [0.1, 0.15) is 35.7 Å². The number of carbonyl (C=O) groups excluding carboxylic acids is 1. The van der Waals surface area contributed by atoms with Crippen molar-refractivity contribution in [3.8, 4) is 0 Å². The van der Waals surface area contributed by atoms with Crippen LogP contribution in [0.3, 0.4) is 0 Å². The predicted octanol–water partition coefficient (Wildman–Crippen LogP) is 4.93. The summed E-state index contributed by atoms with van der Waals surface area (Å²) in [6, 6.07) is 18.3. The molecule has 0 N–H and O–H groups in total. The number of carbonyl (C=O) groups is 1. The molecule has 0 saturated carbocycles. The molecule has 3 aromatic rings. The van der Waals surface area contributed by atoms with Gasteiger partial charge in [-0.25, -0.2) is 4.98 Å². The molecule has 0 aliphatic carbocycles. The lowest BCUT2D eigenvalue weighted by molar-refractivity contribution is -0.181. The van der Waals surface area contributed by atoms with E-state index in [1.165, 1.54) is 5.56 Å². The molecule has 5 rings (SSSR count). The summed E-state index contributed by atoms with van der Waals surface area (Å²) in [6.45, 7) is 4.71. The number of nitrogens with zero attached hydrogens (tertiary/aromatic N) is 2. The second-order valence-corrected chi connectivity index (χ2v) is 9.12. The van der Waals surface area contributed by atoms with Crippen molar-refractivity contribution in [2.45, 2.75) is 41.9 Å². The number of piperidine rings is 1. The number of aryl methyl sites for hydroxylation is 1. The maximum absolute atomic E-state index is 13.5. The van der Waals surface area contributed by atoms with Crippen LogP contribution >= 0.6 is 11.8 Å². The smallest absolute Gasteiger partial charge is 0.254 e. The van der Waals surface area contributed by atoms with Crippen molar-refractivity contribution in [1.82, 2.24) is 9.88 Å². The SMILES string of the molecule is CCc1ccc(Sc2cc(C(=O)N3CCC4(CC3)OCCO4)c3ccccc3n2)cc1. The van der Waals surface area contributed by atoms with Gasteiger partial charge in [-0.05, 0) is 36.2 Å². The number of fused-ring (bicyclic) bond motifs is 1. The van der Waals surface area contributed by atoms with Crippen molar-refractivity contribution >= 4 is 28.6 Å². The van der Waals surface area contributed by atoms with Crippen molar-refractivity contribution in [3.63, 3.8) is 0 Å². The first-order valence-corrected chi connectivity index (χ1v) is 11.7. The molecule has 6 heteroatoms. The summed E-state index contributed by atoms with van der Waals surface area (Å²) in [7, 11) is 0. The second kappa shape index (κ2) is 8.61. The van der Waals surface area contributed by atoms with E-state index in [1.54, 1.807) is 11.8 Å². The lowest BCUT2D eigenvalue weighted by atomic mass is 10.0. The largest absolute Gasteiger partial charge is 0.347 e. The van der Waals surface area contributed by atoms with E-state index in [4.69, 9.17) is 14.5 Å². The second-order valence-electron chi connectivity index (χ2n) is 8.02. The molecule has 0 atom stereocenters. The van der Waals surface area contributed by atoms with Gasteiger partial charge in [0.1, 0.15) is 5.03 Å². The van der Waals surface area contributed by atoms with Crippen LogP contribution in [-0.4, -0.2) is 47.9 Å². The van der Waals surface area contributed by atoms with Crippen molar-refractivity contribution in [2.75, 3.05) is 26.3 Å². The number of hydrogen-bond acceptors (Lipinski definition) is 5. The van der Waals surface area contributed by atoms with Gasteiger partial charge in [0.2, 0.25) is 0 Å². The minimum atomic E-state index is -0.483. The van der Waals surface area contributed by atoms with E-state index in [9.17, 15) is 4.79 Å². The Hall–Kier alpha value is -2.41. The average molecular weight is 435 g/mol. The van der Waals surface area contributed by atoms with Crippen LogP contribution in [0.5, 0.6) is 0 Å². The number of aromatic nitrogens is 1. The molecule has 0 radical (unpaired) electrons. The average Bonchev–Trinajstić information content (AvgIpc) is 3.27. The van der Waals surface area contributed by atoms with Crippen LogP contribution in [0.15, 0.2) is 64.5 Å². The Morgan fingerprint density at radius 1 is 1.06 bits per heavy atom. The number of rotatable bonds is 4. The number of likely N-dealkylation sites (tertiary alicyclic amines) is 1. The van der Waals surface area contributed by atoms with E-state index in [0.717, 1.165) is 27.2 Å². The zero-order chi connectivity index (χ0) is 21.3. The Morgan fingerprint density at radius 2 is 1.77 bits per heavy atom. The quantitative estimate of drug-likeness (QED) is 0.583. The number of pyridine rings is 1. The van der Waals surface area contributed by atoms with E-state index in [0.29, 0.717) is 44.7 Å². The molecule has 1 amide bonds. The maximum atomic E-state index is 13.5. The standard InChI is InChI=1S/C25H26N2O3S/c1-2-18-7-9-19(10-8-18)31-23-17-21(20-5-3-4-6-22(20)26-23)24(28)27-13-11-25(12-14-27)29-15-16-30-25/h3-10,17H,2,11-16H2,1H3. The van der Waals surface area contributed by atoms with Crippen LogP contribution in [-0.2, 0) is 15.9 Å². The molecule has 2 aromatic carbocycles. The highest BCUT2D eigenvalue weighted by Crippen LogP contribution is 2.34. The Kier molecular flexibility index (Phi) is 5.69. The van der Waals surface area contributed by atoms with Gasteiger partial charge in [-0.2, -0.15) is 0 Å². The van der Waals surface area contributed by atoms with Crippen molar-refractivity contribution < 1.29 is 14.3 Å². The summed E-state index contributed by atoms with van der Waals surface area (Å²) < 4.78 is 11.6. The third kappa shape index (κ3) is 4.20.